The largest absolute Gasteiger partial charge is 0.356 e. The first kappa shape index (κ1) is 15.6. The Bertz CT molecular complexity index is 841. The minimum atomic E-state index is -0.463. The predicted molar refractivity (Wildman–Crippen MR) is 90.3 cm³/mol. The molecule has 5 heteroatoms. The minimum absolute atomic E-state index is 0.117. The van der Waals surface area contributed by atoms with Gasteiger partial charge in [0.05, 0.1) is 12.0 Å². The van der Waals surface area contributed by atoms with Crippen molar-refractivity contribution < 1.29 is 9.32 Å². The second-order valence-corrected chi connectivity index (χ2v) is 6.42. The van der Waals surface area contributed by atoms with Crippen molar-refractivity contribution in [1.82, 2.24) is 10.5 Å². The Kier molecular flexibility index (Phi) is 4.09. The Morgan fingerprint density at radius 1 is 1.22 bits per heavy atom. The van der Waals surface area contributed by atoms with Crippen LogP contribution in [0.4, 0.5) is 0 Å². The van der Waals surface area contributed by atoms with Crippen LogP contribution in [-0.4, -0.2) is 11.1 Å². The first-order valence-electron chi connectivity index (χ1n) is 7.36. The van der Waals surface area contributed by atoms with Gasteiger partial charge in [-0.2, -0.15) is 0 Å². The Hall–Kier alpha value is -2.33. The zero-order chi connectivity index (χ0) is 16.4. The zero-order valence-electron chi connectivity index (χ0n) is 13.0. The summed E-state index contributed by atoms with van der Waals surface area (Å²) in [6.45, 7) is 3.94. The molecule has 0 bridgehead atoms. The summed E-state index contributed by atoms with van der Waals surface area (Å²) in [6, 6.07) is 15.1. The Morgan fingerprint density at radius 3 is 2.70 bits per heavy atom. The average molecular weight is 329 g/mol. The molecule has 0 unspecified atom stereocenters. The van der Waals surface area contributed by atoms with Gasteiger partial charge in [-0.25, -0.2) is 0 Å². The van der Waals surface area contributed by atoms with Crippen LogP contribution in [0.2, 0.25) is 5.02 Å². The maximum atomic E-state index is 12.4. The van der Waals surface area contributed by atoms with Gasteiger partial charge in [-0.05, 0) is 37.6 Å². The summed E-state index contributed by atoms with van der Waals surface area (Å²) >= 11 is 6.00. The highest BCUT2D eigenvalue weighted by Crippen LogP contribution is 2.24. The molecular formula is C18H17ClN2O2. The summed E-state index contributed by atoms with van der Waals surface area (Å²) in [5.74, 6) is -0.117. The summed E-state index contributed by atoms with van der Waals surface area (Å²) < 4.78 is 5.23. The van der Waals surface area contributed by atoms with Crippen LogP contribution in [0.3, 0.4) is 0 Å². The molecule has 4 nitrogen and oxygen atoms in total. The van der Waals surface area contributed by atoms with Crippen molar-refractivity contribution in [3.05, 3.63) is 64.8 Å². The highest BCUT2D eigenvalue weighted by atomic mass is 35.5. The molecule has 1 amide bonds. The lowest BCUT2D eigenvalue weighted by molar-refractivity contribution is -0.122. The molecule has 0 aliphatic rings. The van der Waals surface area contributed by atoms with Gasteiger partial charge in [0.25, 0.3) is 0 Å². The summed E-state index contributed by atoms with van der Waals surface area (Å²) in [5, 5.41) is 8.38. The van der Waals surface area contributed by atoms with Gasteiger partial charge in [-0.1, -0.05) is 47.1 Å². The van der Waals surface area contributed by atoms with Gasteiger partial charge < -0.3 is 9.84 Å². The molecule has 0 fully saturated rings. The second-order valence-electron chi connectivity index (χ2n) is 5.99. The molecule has 3 aromatic rings. The molecule has 3 rings (SSSR count). The predicted octanol–water partition coefficient (Wildman–Crippen LogP) is 4.08. The molecule has 0 aliphatic carbocycles. The number of hydrogen-bond acceptors (Lipinski definition) is 3. The third-order valence-corrected chi connectivity index (χ3v) is 4.02. The van der Waals surface area contributed by atoms with Crippen LogP contribution in [-0.2, 0) is 16.8 Å². The molecule has 0 saturated heterocycles. The summed E-state index contributed by atoms with van der Waals surface area (Å²) in [7, 11) is 0. The van der Waals surface area contributed by atoms with Crippen molar-refractivity contribution in [2.45, 2.75) is 25.8 Å². The lowest BCUT2D eigenvalue weighted by Crippen LogP contribution is -2.41. The van der Waals surface area contributed by atoms with Crippen molar-refractivity contribution >= 4 is 28.5 Å². The number of amides is 1. The van der Waals surface area contributed by atoms with E-state index >= 15 is 0 Å². The summed E-state index contributed by atoms with van der Waals surface area (Å²) in [4.78, 5) is 12.4. The normalized spacial score (nSPS) is 11.6. The van der Waals surface area contributed by atoms with E-state index in [1.165, 1.54) is 0 Å². The van der Waals surface area contributed by atoms with Gasteiger partial charge in [0, 0.05) is 10.4 Å². The molecule has 0 saturated carbocycles. The number of rotatable bonds is 4. The number of carbonyl (C=O) groups excluding carboxylic acids is 1. The zero-order valence-corrected chi connectivity index (χ0v) is 13.7. The van der Waals surface area contributed by atoms with Gasteiger partial charge in [0.15, 0.2) is 5.58 Å². The van der Waals surface area contributed by atoms with Gasteiger partial charge in [0.1, 0.15) is 5.69 Å². The van der Waals surface area contributed by atoms with Crippen molar-refractivity contribution in [2.75, 3.05) is 0 Å². The number of halogens is 1. The van der Waals surface area contributed by atoms with E-state index in [2.05, 4.69) is 10.5 Å². The van der Waals surface area contributed by atoms with E-state index < -0.39 is 5.54 Å². The highest BCUT2D eigenvalue weighted by molar-refractivity contribution is 6.31. The quantitative estimate of drug-likeness (QED) is 0.785. The van der Waals surface area contributed by atoms with Crippen LogP contribution in [0.25, 0.3) is 11.0 Å². The lowest BCUT2D eigenvalue weighted by atomic mass is 9.94. The molecule has 0 radical (unpaired) electrons. The number of nitrogens with zero attached hydrogens (tertiary/aromatic N) is 1. The van der Waals surface area contributed by atoms with E-state index in [1.807, 2.05) is 44.2 Å². The van der Waals surface area contributed by atoms with E-state index in [9.17, 15) is 4.79 Å². The molecule has 1 N–H and O–H groups in total. The molecule has 23 heavy (non-hydrogen) atoms. The van der Waals surface area contributed by atoms with Crippen molar-refractivity contribution in [3.63, 3.8) is 0 Å². The van der Waals surface area contributed by atoms with Gasteiger partial charge in [-0.3, -0.25) is 4.79 Å². The fraction of sp³-hybridized carbons (Fsp3) is 0.222. The van der Waals surface area contributed by atoms with Crippen molar-refractivity contribution in [1.29, 1.82) is 0 Å². The number of hydrogen-bond donors (Lipinski definition) is 1. The molecule has 0 spiro atoms. The SMILES string of the molecule is CC(C)(NC(=O)Cc1noc2ccc(Cl)cc12)c1ccccc1. The summed E-state index contributed by atoms with van der Waals surface area (Å²) in [5.41, 5.74) is 1.79. The molecule has 1 heterocycles. The number of nitrogens with one attached hydrogen (secondary N) is 1. The molecule has 118 valence electrons. The van der Waals surface area contributed by atoms with E-state index in [4.69, 9.17) is 16.1 Å². The third kappa shape index (κ3) is 3.37. The highest BCUT2D eigenvalue weighted by Gasteiger charge is 2.23. The fourth-order valence-corrected chi connectivity index (χ4v) is 2.73. The summed E-state index contributed by atoms with van der Waals surface area (Å²) in [6.07, 6.45) is 0.142. The number of aromatic nitrogens is 1. The van der Waals surface area contributed by atoms with Crippen LogP contribution in [0, 0.1) is 0 Å². The maximum absolute atomic E-state index is 12.4. The Morgan fingerprint density at radius 2 is 1.96 bits per heavy atom. The van der Waals surface area contributed by atoms with Crippen LogP contribution in [0.15, 0.2) is 53.1 Å². The van der Waals surface area contributed by atoms with Crippen LogP contribution < -0.4 is 5.32 Å². The van der Waals surface area contributed by atoms with Gasteiger partial charge in [0.2, 0.25) is 5.91 Å². The van der Waals surface area contributed by atoms with E-state index in [0.717, 1.165) is 10.9 Å². The second kappa shape index (κ2) is 6.05. The van der Waals surface area contributed by atoms with Crippen molar-refractivity contribution in [3.8, 4) is 0 Å². The van der Waals surface area contributed by atoms with Crippen LogP contribution >= 0.6 is 11.6 Å². The lowest BCUT2D eigenvalue weighted by Gasteiger charge is -2.26. The first-order valence-corrected chi connectivity index (χ1v) is 7.74. The number of fused-ring (bicyclic) bond motifs is 1. The number of benzene rings is 2. The average Bonchev–Trinajstić information content (AvgIpc) is 2.90. The third-order valence-electron chi connectivity index (χ3n) is 3.78. The van der Waals surface area contributed by atoms with E-state index in [-0.39, 0.29) is 12.3 Å². The standard InChI is InChI=1S/C18H17ClN2O2/c1-18(2,12-6-4-3-5-7-12)20-17(22)11-15-14-10-13(19)8-9-16(14)23-21-15/h3-10H,11H2,1-2H3,(H,20,22). The molecule has 0 atom stereocenters. The number of carbonyl (C=O) groups is 1. The Labute approximate surface area is 139 Å². The van der Waals surface area contributed by atoms with E-state index in [0.29, 0.717) is 16.3 Å². The van der Waals surface area contributed by atoms with Crippen LogP contribution in [0.1, 0.15) is 25.1 Å². The van der Waals surface area contributed by atoms with Crippen molar-refractivity contribution in [2.24, 2.45) is 0 Å². The molecule has 0 aliphatic heterocycles. The Balaban J connectivity index is 1.77. The maximum Gasteiger partial charge on any atom is 0.226 e. The molecular weight excluding hydrogens is 312 g/mol. The minimum Gasteiger partial charge on any atom is -0.356 e. The molecule has 1 aromatic heterocycles. The van der Waals surface area contributed by atoms with Gasteiger partial charge >= 0.3 is 0 Å². The van der Waals surface area contributed by atoms with E-state index in [1.54, 1.807) is 18.2 Å². The van der Waals surface area contributed by atoms with Gasteiger partial charge in [-0.15, -0.1) is 0 Å². The topological polar surface area (TPSA) is 55.1 Å². The first-order chi connectivity index (χ1) is 11.0. The fourth-order valence-electron chi connectivity index (χ4n) is 2.56. The van der Waals surface area contributed by atoms with Crippen LogP contribution in [0.5, 0.6) is 0 Å². The molecule has 2 aromatic carbocycles. The smallest absolute Gasteiger partial charge is 0.226 e. The monoisotopic (exact) mass is 328 g/mol.